The average Bonchev–Trinajstić information content (AvgIpc) is 2.38. The highest BCUT2D eigenvalue weighted by Crippen LogP contribution is 2.25. The first-order chi connectivity index (χ1) is 6.89. The molecule has 0 aliphatic rings. The third-order valence-electron chi connectivity index (χ3n) is 1.73. The van der Waals surface area contributed by atoms with Crippen molar-refractivity contribution in [3.63, 3.8) is 0 Å². The lowest BCUT2D eigenvalue weighted by molar-refractivity contribution is 0.546. The molecule has 0 amide bonds. The minimum absolute atomic E-state index is 0.263. The summed E-state index contributed by atoms with van der Waals surface area (Å²) < 4.78 is 36.2. The largest absolute Gasteiger partial charge is 0.351 e. The van der Waals surface area contributed by atoms with Gasteiger partial charge in [-0.25, -0.2) is 4.98 Å². The molecular weight excluding hydrogens is 311 g/mol. The molecule has 8 heteroatoms. The summed E-state index contributed by atoms with van der Waals surface area (Å²) in [5, 5.41) is -1.03. The highest BCUT2D eigenvalue weighted by atomic mass is 79.9. The Bertz CT molecular complexity index is 640. The minimum Gasteiger partial charge on any atom is -0.286 e. The topological polar surface area (TPSA) is 51.4 Å². The normalized spacial score (nSPS) is 12.2. The third kappa shape index (κ3) is 1.86. The highest BCUT2D eigenvalue weighted by Gasteiger charge is 2.23. The summed E-state index contributed by atoms with van der Waals surface area (Å²) >= 11 is 8.67. The number of nitrogens with zero attached hydrogens (tertiary/aromatic N) is 2. The van der Waals surface area contributed by atoms with Crippen molar-refractivity contribution < 1.29 is 12.3 Å². The van der Waals surface area contributed by atoms with Gasteiger partial charge >= 0.3 is 10.2 Å². The van der Waals surface area contributed by atoms with Crippen molar-refractivity contribution in [2.24, 2.45) is 0 Å². The van der Waals surface area contributed by atoms with Crippen LogP contribution in [0.2, 0.25) is 5.15 Å². The molecule has 0 saturated carbocycles. The summed E-state index contributed by atoms with van der Waals surface area (Å²) in [7, 11) is -4.89. The number of fused-ring (bicyclic) bond motifs is 1. The zero-order chi connectivity index (χ0) is 11.2. The molecule has 2 rings (SSSR count). The molecule has 0 N–H and O–H groups in total. The molecule has 0 aliphatic heterocycles. The molecule has 0 fully saturated rings. The maximum absolute atomic E-state index is 12.9. The summed E-state index contributed by atoms with van der Waals surface area (Å²) in [4.78, 5) is 3.71. The standard InChI is InChI=1S/C7H3BrClFN2O2S/c8-4-1-2-5-11-6(9)7(12(5)3-4)15(10,13)14/h1-3H. The molecular formula is C7H3BrClFN2O2S. The van der Waals surface area contributed by atoms with Crippen LogP contribution in [0.4, 0.5) is 3.89 Å². The van der Waals surface area contributed by atoms with E-state index in [0.717, 1.165) is 4.40 Å². The zero-order valence-electron chi connectivity index (χ0n) is 6.99. The molecule has 0 bridgehead atoms. The number of pyridine rings is 1. The van der Waals surface area contributed by atoms with Crippen molar-refractivity contribution in [3.05, 3.63) is 28.0 Å². The number of halogens is 3. The van der Waals surface area contributed by atoms with Crippen molar-refractivity contribution in [2.75, 3.05) is 0 Å². The summed E-state index contributed by atoms with van der Waals surface area (Å²) in [5.41, 5.74) is 0.263. The molecule has 0 aromatic carbocycles. The smallest absolute Gasteiger partial charge is 0.286 e. The maximum atomic E-state index is 12.9. The molecule has 15 heavy (non-hydrogen) atoms. The van der Waals surface area contributed by atoms with Crippen LogP contribution in [0.1, 0.15) is 0 Å². The quantitative estimate of drug-likeness (QED) is 0.760. The summed E-state index contributed by atoms with van der Waals surface area (Å²) in [6.07, 6.45) is 1.38. The van der Waals surface area contributed by atoms with Crippen LogP contribution in [0.5, 0.6) is 0 Å². The Morgan fingerprint density at radius 1 is 1.47 bits per heavy atom. The number of hydrogen-bond donors (Lipinski definition) is 0. The van der Waals surface area contributed by atoms with Gasteiger partial charge in [-0.1, -0.05) is 15.5 Å². The van der Waals surface area contributed by atoms with Gasteiger partial charge in [0.1, 0.15) is 5.65 Å². The Kier molecular flexibility index (Phi) is 2.48. The molecule has 2 aromatic rings. The van der Waals surface area contributed by atoms with Gasteiger partial charge in [0, 0.05) is 10.7 Å². The van der Waals surface area contributed by atoms with Gasteiger partial charge in [0.25, 0.3) is 0 Å². The van der Waals surface area contributed by atoms with E-state index < -0.39 is 15.2 Å². The fourth-order valence-electron chi connectivity index (χ4n) is 1.19. The summed E-state index contributed by atoms with van der Waals surface area (Å²) in [5.74, 6) is 0. The number of aromatic nitrogens is 2. The van der Waals surface area contributed by atoms with E-state index >= 15 is 0 Å². The number of rotatable bonds is 1. The van der Waals surface area contributed by atoms with Gasteiger partial charge in [-0.2, -0.15) is 8.42 Å². The van der Waals surface area contributed by atoms with Crippen molar-refractivity contribution in [1.29, 1.82) is 0 Å². The lowest BCUT2D eigenvalue weighted by Gasteiger charge is -1.97. The predicted octanol–water partition coefficient (Wildman–Crippen LogP) is 2.41. The molecule has 0 spiro atoms. The van der Waals surface area contributed by atoms with Crippen LogP contribution in [-0.4, -0.2) is 17.8 Å². The van der Waals surface area contributed by atoms with E-state index in [9.17, 15) is 12.3 Å². The maximum Gasteiger partial charge on any atom is 0.351 e. The second-order valence-corrected chi connectivity index (χ2v) is 5.26. The Morgan fingerprint density at radius 3 is 2.73 bits per heavy atom. The van der Waals surface area contributed by atoms with E-state index in [1.165, 1.54) is 12.3 Å². The van der Waals surface area contributed by atoms with Gasteiger partial charge < -0.3 is 0 Å². The van der Waals surface area contributed by atoms with E-state index in [1.807, 2.05) is 0 Å². The van der Waals surface area contributed by atoms with Crippen molar-refractivity contribution >= 4 is 43.4 Å². The molecule has 0 aliphatic carbocycles. The first-order valence-corrected chi connectivity index (χ1v) is 6.23. The molecule has 0 unspecified atom stereocenters. The monoisotopic (exact) mass is 312 g/mol. The molecule has 2 aromatic heterocycles. The Morgan fingerprint density at radius 2 is 2.13 bits per heavy atom. The molecule has 4 nitrogen and oxygen atoms in total. The van der Waals surface area contributed by atoms with E-state index in [0.29, 0.717) is 4.47 Å². The van der Waals surface area contributed by atoms with Crippen LogP contribution in [0.3, 0.4) is 0 Å². The number of hydrogen-bond acceptors (Lipinski definition) is 3. The van der Waals surface area contributed by atoms with Crippen LogP contribution in [0.25, 0.3) is 5.65 Å². The van der Waals surface area contributed by atoms with Crippen LogP contribution in [0.15, 0.2) is 27.8 Å². The SMILES string of the molecule is O=S(=O)(F)c1c(Cl)nc2ccc(Br)cn12. The van der Waals surface area contributed by atoms with E-state index in [4.69, 9.17) is 11.6 Å². The molecule has 0 radical (unpaired) electrons. The molecule has 0 atom stereocenters. The van der Waals surface area contributed by atoms with Crippen molar-refractivity contribution in [3.8, 4) is 0 Å². The summed E-state index contributed by atoms with van der Waals surface area (Å²) in [6.45, 7) is 0. The van der Waals surface area contributed by atoms with Gasteiger partial charge in [0.15, 0.2) is 5.15 Å². The van der Waals surface area contributed by atoms with Gasteiger partial charge in [0.2, 0.25) is 5.03 Å². The second kappa shape index (κ2) is 3.43. The van der Waals surface area contributed by atoms with Crippen LogP contribution >= 0.6 is 27.5 Å². The van der Waals surface area contributed by atoms with E-state index in [-0.39, 0.29) is 10.8 Å². The summed E-state index contributed by atoms with van der Waals surface area (Å²) in [6, 6.07) is 3.16. The van der Waals surface area contributed by atoms with E-state index in [2.05, 4.69) is 20.9 Å². The predicted molar refractivity (Wildman–Crippen MR) is 56.2 cm³/mol. The van der Waals surface area contributed by atoms with Gasteiger partial charge in [-0.15, -0.1) is 0 Å². The Hall–Kier alpha value is -0.660. The Balaban J connectivity index is 2.95. The van der Waals surface area contributed by atoms with Gasteiger partial charge in [-0.3, -0.25) is 4.40 Å². The molecule has 2 heterocycles. The van der Waals surface area contributed by atoms with Gasteiger partial charge in [0.05, 0.1) is 0 Å². The molecule has 80 valence electrons. The first kappa shape index (κ1) is 10.8. The zero-order valence-corrected chi connectivity index (χ0v) is 10.1. The Labute approximate surface area is 98.0 Å². The lowest BCUT2D eigenvalue weighted by Crippen LogP contribution is -1.98. The van der Waals surface area contributed by atoms with Crippen molar-refractivity contribution in [1.82, 2.24) is 9.38 Å². The molecule has 0 saturated heterocycles. The number of imidazole rings is 1. The van der Waals surface area contributed by atoms with Gasteiger partial charge in [-0.05, 0) is 28.1 Å². The second-order valence-electron chi connectivity index (χ2n) is 2.72. The van der Waals surface area contributed by atoms with Crippen LogP contribution in [-0.2, 0) is 10.2 Å². The minimum atomic E-state index is -4.89. The third-order valence-corrected chi connectivity index (χ3v) is 3.43. The average molecular weight is 314 g/mol. The fraction of sp³-hybridized carbons (Fsp3) is 0. The highest BCUT2D eigenvalue weighted by molar-refractivity contribution is 9.10. The van der Waals surface area contributed by atoms with Crippen LogP contribution < -0.4 is 0 Å². The van der Waals surface area contributed by atoms with Crippen molar-refractivity contribution in [2.45, 2.75) is 5.03 Å². The van der Waals surface area contributed by atoms with Crippen LogP contribution in [0, 0.1) is 0 Å². The van der Waals surface area contributed by atoms with E-state index in [1.54, 1.807) is 6.07 Å². The first-order valence-electron chi connectivity index (χ1n) is 3.67. The lowest BCUT2D eigenvalue weighted by atomic mass is 10.5. The fourth-order valence-corrected chi connectivity index (χ4v) is 2.61.